The summed E-state index contributed by atoms with van der Waals surface area (Å²) in [6.45, 7) is 5.33. The molecule has 2 fully saturated rings. The molecule has 1 aromatic heterocycles. The van der Waals surface area contributed by atoms with Gasteiger partial charge in [0.2, 0.25) is 10.0 Å². The molecule has 2 aliphatic heterocycles. The summed E-state index contributed by atoms with van der Waals surface area (Å²) < 4.78 is 67.9. The molecule has 1 saturated heterocycles. The Balaban J connectivity index is 1.34. The molecule has 2 N–H and O–H groups in total. The van der Waals surface area contributed by atoms with E-state index in [0.29, 0.717) is 42.2 Å². The highest BCUT2D eigenvalue weighted by Gasteiger charge is 2.43. The number of hydrogen-bond acceptors (Lipinski definition) is 10. The smallest absolute Gasteiger partial charge is 0.410 e. The number of methoxy groups -OCH3 is 1. The molecule has 1 atom stereocenters. The van der Waals surface area contributed by atoms with Crippen molar-refractivity contribution in [2.75, 3.05) is 20.2 Å². The third-order valence-electron chi connectivity index (χ3n) is 7.88. The number of esters is 1. The van der Waals surface area contributed by atoms with Gasteiger partial charge in [-0.1, -0.05) is 17.7 Å². The first-order valence-electron chi connectivity index (χ1n) is 14.4. The van der Waals surface area contributed by atoms with Gasteiger partial charge in [0.05, 0.1) is 17.7 Å². The Morgan fingerprint density at radius 3 is 2.44 bits per heavy atom. The number of hydrogen-bond donors (Lipinski definition) is 2. The standard InChI is InChI=1S/C29H34ClF2N5O6S2/c1-29(2,3)43-28(39)37-13-17(14-37)45(40,41)36-16-7-5-15(6-8-16)23-20(27(38)42-4)24(18-9-10-19(31)22(32)21(18)30)35-25(34-23)26-33-11-12-44-26/h9-12,15-17,24,36H,5-8,13-14H2,1-4H3,(H,34,35). The van der Waals surface area contributed by atoms with Crippen molar-refractivity contribution in [2.45, 2.75) is 69.4 Å². The third-order valence-corrected chi connectivity index (χ3v) is 10.9. The van der Waals surface area contributed by atoms with Gasteiger partial charge < -0.3 is 19.7 Å². The molecule has 244 valence electrons. The lowest BCUT2D eigenvalue weighted by molar-refractivity contribution is -0.136. The molecule has 2 aromatic rings. The molecule has 3 aliphatic rings. The normalized spacial score (nSPS) is 22.8. The van der Waals surface area contributed by atoms with Crippen LogP contribution in [-0.4, -0.2) is 73.3 Å². The average Bonchev–Trinajstić information content (AvgIpc) is 3.48. The van der Waals surface area contributed by atoms with Crippen LogP contribution < -0.4 is 10.0 Å². The van der Waals surface area contributed by atoms with Crippen LogP contribution in [0.4, 0.5) is 13.6 Å². The lowest BCUT2D eigenvalue weighted by atomic mass is 9.80. The van der Waals surface area contributed by atoms with E-state index in [9.17, 15) is 26.8 Å². The van der Waals surface area contributed by atoms with Gasteiger partial charge in [-0.25, -0.2) is 36.5 Å². The maximum absolute atomic E-state index is 14.6. The van der Waals surface area contributed by atoms with Crippen LogP contribution in [0.15, 0.2) is 40.0 Å². The van der Waals surface area contributed by atoms with Gasteiger partial charge in [0.15, 0.2) is 22.5 Å². The summed E-state index contributed by atoms with van der Waals surface area (Å²) in [6.07, 6.45) is 2.96. The minimum Gasteiger partial charge on any atom is -0.466 e. The molecule has 3 heterocycles. The van der Waals surface area contributed by atoms with E-state index in [4.69, 9.17) is 21.1 Å². The number of carbonyl (C=O) groups excluding carboxylic acids is 2. The zero-order valence-electron chi connectivity index (χ0n) is 25.1. The molecule has 16 heteroatoms. The van der Waals surface area contributed by atoms with Gasteiger partial charge >= 0.3 is 12.1 Å². The van der Waals surface area contributed by atoms with Crippen LogP contribution in [0.1, 0.15) is 63.1 Å². The largest absolute Gasteiger partial charge is 0.466 e. The van der Waals surface area contributed by atoms with Crippen molar-refractivity contribution in [1.82, 2.24) is 19.9 Å². The Kier molecular flexibility index (Phi) is 9.55. The first-order valence-corrected chi connectivity index (χ1v) is 17.2. The van der Waals surface area contributed by atoms with Gasteiger partial charge in [0, 0.05) is 42.0 Å². The SMILES string of the molecule is COC(=O)C1=C(C2CCC(NS(=O)(=O)C3CN(C(=O)OC(C)(C)C)C3)CC2)NC(c2nccs2)=NC1c1ccc(F)c(F)c1Cl. The molecule has 1 aromatic carbocycles. The van der Waals surface area contributed by atoms with E-state index in [1.165, 1.54) is 29.4 Å². The van der Waals surface area contributed by atoms with Gasteiger partial charge in [-0.15, -0.1) is 11.3 Å². The van der Waals surface area contributed by atoms with Crippen molar-refractivity contribution in [2.24, 2.45) is 10.9 Å². The summed E-state index contributed by atoms with van der Waals surface area (Å²) in [5, 5.41) is 4.28. The Hall–Kier alpha value is -3.14. The number of sulfonamides is 1. The second-order valence-electron chi connectivity index (χ2n) is 12.1. The number of carbonyl (C=O) groups is 2. The predicted octanol–water partition coefficient (Wildman–Crippen LogP) is 4.69. The molecule has 45 heavy (non-hydrogen) atoms. The van der Waals surface area contributed by atoms with Gasteiger partial charge in [0.1, 0.15) is 16.9 Å². The maximum Gasteiger partial charge on any atom is 0.410 e. The summed E-state index contributed by atoms with van der Waals surface area (Å²) in [5.74, 6) is -3.01. The molecule has 1 saturated carbocycles. The summed E-state index contributed by atoms with van der Waals surface area (Å²) in [4.78, 5) is 35.8. The van der Waals surface area contributed by atoms with E-state index in [0.717, 1.165) is 6.07 Å². The fraction of sp³-hybridized carbons (Fsp3) is 0.517. The number of nitrogens with one attached hydrogen (secondary N) is 2. The highest BCUT2D eigenvalue weighted by Crippen LogP contribution is 2.42. The second-order valence-corrected chi connectivity index (χ2v) is 15.4. The van der Waals surface area contributed by atoms with Crippen LogP contribution in [0.5, 0.6) is 0 Å². The van der Waals surface area contributed by atoms with Crippen LogP contribution in [0, 0.1) is 17.6 Å². The molecule has 0 spiro atoms. The van der Waals surface area contributed by atoms with E-state index in [1.807, 2.05) is 0 Å². The number of benzene rings is 1. The molecule has 1 amide bonds. The number of thiazole rings is 1. The number of halogens is 3. The zero-order valence-corrected chi connectivity index (χ0v) is 27.5. The van der Waals surface area contributed by atoms with Gasteiger partial charge in [-0.05, 0) is 58.4 Å². The molecule has 1 aliphatic carbocycles. The fourth-order valence-electron chi connectivity index (χ4n) is 5.59. The van der Waals surface area contributed by atoms with Crippen LogP contribution >= 0.6 is 22.9 Å². The number of aromatic nitrogens is 1. The molecular weight excluding hydrogens is 652 g/mol. The topological polar surface area (TPSA) is 139 Å². The van der Waals surface area contributed by atoms with E-state index in [1.54, 1.807) is 32.3 Å². The van der Waals surface area contributed by atoms with Gasteiger partial charge in [-0.3, -0.25) is 4.99 Å². The van der Waals surface area contributed by atoms with Crippen molar-refractivity contribution in [3.63, 3.8) is 0 Å². The quantitative estimate of drug-likeness (QED) is 0.316. The second kappa shape index (κ2) is 12.9. The van der Waals surface area contributed by atoms with Crippen molar-refractivity contribution in [3.05, 3.63) is 62.2 Å². The van der Waals surface area contributed by atoms with Crippen LogP contribution in [0.2, 0.25) is 5.02 Å². The summed E-state index contributed by atoms with van der Waals surface area (Å²) in [7, 11) is -2.49. The van der Waals surface area contributed by atoms with Gasteiger partial charge in [0.25, 0.3) is 0 Å². The molecule has 1 unspecified atom stereocenters. The first kappa shape index (κ1) is 33.2. The van der Waals surface area contributed by atoms with Crippen molar-refractivity contribution < 1.29 is 36.3 Å². The van der Waals surface area contributed by atoms with E-state index < -0.39 is 55.6 Å². The molecular formula is C29H34ClF2N5O6S2. The minimum atomic E-state index is -3.71. The number of ether oxygens (including phenoxy) is 2. The monoisotopic (exact) mass is 685 g/mol. The van der Waals surface area contributed by atoms with E-state index in [-0.39, 0.29) is 36.2 Å². The van der Waals surface area contributed by atoms with Crippen LogP contribution in [-0.2, 0) is 24.3 Å². The van der Waals surface area contributed by atoms with Crippen LogP contribution in [0.3, 0.4) is 0 Å². The Labute approximate surface area is 269 Å². The number of likely N-dealkylation sites (tertiary alicyclic amines) is 1. The minimum absolute atomic E-state index is 0.0473. The number of rotatable bonds is 7. The fourth-order valence-corrected chi connectivity index (χ4v) is 8.08. The third kappa shape index (κ3) is 7.16. The van der Waals surface area contributed by atoms with Gasteiger partial charge in [-0.2, -0.15) is 0 Å². The Morgan fingerprint density at radius 2 is 1.84 bits per heavy atom. The number of allylic oxidation sites excluding steroid dienone is 1. The van der Waals surface area contributed by atoms with E-state index >= 15 is 0 Å². The number of amides is 1. The van der Waals surface area contributed by atoms with Crippen LogP contribution in [0.25, 0.3) is 0 Å². The zero-order chi connectivity index (χ0) is 32.7. The van der Waals surface area contributed by atoms with Crippen molar-refractivity contribution in [3.8, 4) is 0 Å². The molecule has 5 rings (SSSR count). The number of nitrogens with zero attached hydrogens (tertiary/aromatic N) is 3. The first-order chi connectivity index (χ1) is 21.2. The summed E-state index contributed by atoms with van der Waals surface area (Å²) >= 11 is 7.54. The average molecular weight is 686 g/mol. The summed E-state index contributed by atoms with van der Waals surface area (Å²) in [6, 6.07) is 0.753. The molecule has 0 radical (unpaired) electrons. The predicted molar refractivity (Wildman–Crippen MR) is 164 cm³/mol. The van der Waals surface area contributed by atoms with Crippen molar-refractivity contribution in [1.29, 1.82) is 0 Å². The highest BCUT2D eigenvalue weighted by molar-refractivity contribution is 7.90. The maximum atomic E-state index is 14.6. The highest BCUT2D eigenvalue weighted by atomic mass is 35.5. The van der Waals surface area contributed by atoms with Crippen molar-refractivity contribution >= 4 is 50.9 Å². The number of amidine groups is 1. The Morgan fingerprint density at radius 1 is 1.16 bits per heavy atom. The lowest BCUT2D eigenvalue weighted by Gasteiger charge is -2.40. The Bertz CT molecular complexity index is 1630. The lowest BCUT2D eigenvalue weighted by Crippen LogP contribution is -2.61. The molecule has 0 bridgehead atoms. The van der Waals surface area contributed by atoms with E-state index in [2.05, 4.69) is 20.0 Å². The summed E-state index contributed by atoms with van der Waals surface area (Å²) in [5.41, 5.74) is 0.00173. The molecule has 11 nitrogen and oxygen atoms in total. The number of aliphatic imine (C=N–C) groups is 1.